The van der Waals surface area contributed by atoms with Gasteiger partial charge in [-0.2, -0.15) is 0 Å². The number of ether oxygens (including phenoxy) is 2. The lowest BCUT2D eigenvalue weighted by Gasteiger charge is -2.10. The van der Waals surface area contributed by atoms with E-state index in [9.17, 15) is 14.4 Å². The molecule has 0 heterocycles. The van der Waals surface area contributed by atoms with Crippen LogP contribution < -0.4 is 10.1 Å². The summed E-state index contributed by atoms with van der Waals surface area (Å²) >= 11 is 0. The second-order valence-corrected chi connectivity index (χ2v) is 7.29. The van der Waals surface area contributed by atoms with Gasteiger partial charge in [-0.1, -0.05) is 26.0 Å². The summed E-state index contributed by atoms with van der Waals surface area (Å²) in [5.74, 6) is -0.133. The van der Waals surface area contributed by atoms with Crippen molar-refractivity contribution in [1.29, 1.82) is 0 Å². The second-order valence-electron chi connectivity index (χ2n) is 7.29. The Bertz CT molecular complexity index is 871. The molecule has 154 valence electrons. The van der Waals surface area contributed by atoms with Crippen molar-refractivity contribution in [2.24, 2.45) is 5.92 Å². The Morgan fingerprint density at radius 3 is 2.31 bits per heavy atom. The van der Waals surface area contributed by atoms with E-state index >= 15 is 0 Å². The molecule has 1 amide bonds. The number of carbonyl (C=O) groups excluding carboxylic acids is 3. The van der Waals surface area contributed by atoms with Crippen LogP contribution in [0.3, 0.4) is 0 Å². The number of anilines is 1. The fourth-order valence-electron chi connectivity index (χ4n) is 2.61. The first-order valence-electron chi connectivity index (χ1n) is 9.54. The number of Topliss-reactive ketones (excluding diaryl/α,β-unsaturated/α-hetero) is 1. The topological polar surface area (TPSA) is 81.7 Å². The van der Waals surface area contributed by atoms with Crippen LogP contribution in [0.4, 0.5) is 5.69 Å². The van der Waals surface area contributed by atoms with Gasteiger partial charge < -0.3 is 14.8 Å². The van der Waals surface area contributed by atoms with E-state index in [1.165, 1.54) is 0 Å². The van der Waals surface area contributed by atoms with Crippen molar-refractivity contribution in [2.45, 2.75) is 34.1 Å². The molecule has 0 bridgehead atoms. The molecule has 1 N–H and O–H groups in total. The zero-order valence-electron chi connectivity index (χ0n) is 17.3. The minimum atomic E-state index is -0.614. The van der Waals surface area contributed by atoms with Gasteiger partial charge in [0.15, 0.2) is 19.0 Å². The highest BCUT2D eigenvalue weighted by Gasteiger charge is 2.12. The lowest BCUT2D eigenvalue weighted by molar-refractivity contribution is -0.144. The van der Waals surface area contributed by atoms with E-state index in [1.807, 2.05) is 39.8 Å². The van der Waals surface area contributed by atoms with E-state index < -0.39 is 5.97 Å². The van der Waals surface area contributed by atoms with Gasteiger partial charge in [-0.25, -0.2) is 4.79 Å². The van der Waals surface area contributed by atoms with Crippen LogP contribution in [0.2, 0.25) is 0 Å². The minimum absolute atomic E-state index is 0.0724. The van der Waals surface area contributed by atoms with E-state index in [4.69, 9.17) is 9.47 Å². The fourth-order valence-corrected chi connectivity index (χ4v) is 2.61. The maximum Gasteiger partial charge on any atom is 0.344 e. The first-order chi connectivity index (χ1) is 13.8. The van der Waals surface area contributed by atoms with Crippen LogP contribution >= 0.6 is 0 Å². The highest BCUT2D eigenvalue weighted by molar-refractivity contribution is 5.98. The predicted molar refractivity (Wildman–Crippen MR) is 111 cm³/mol. The van der Waals surface area contributed by atoms with Gasteiger partial charge in [-0.15, -0.1) is 0 Å². The maximum absolute atomic E-state index is 12.2. The molecule has 0 saturated carbocycles. The van der Waals surface area contributed by atoms with Gasteiger partial charge in [0.25, 0.3) is 0 Å². The zero-order valence-corrected chi connectivity index (χ0v) is 17.3. The number of aryl methyl sites for hydroxylation is 1. The smallest absolute Gasteiger partial charge is 0.344 e. The number of nitrogens with one attached hydrogen (secondary N) is 1. The molecule has 0 aliphatic carbocycles. The van der Waals surface area contributed by atoms with Crippen molar-refractivity contribution in [3.8, 4) is 5.75 Å². The Morgan fingerprint density at radius 2 is 1.66 bits per heavy atom. The average molecular weight is 397 g/mol. The molecule has 29 heavy (non-hydrogen) atoms. The molecule has 2 aromatic rings. The molecule has 0 atom stereocenters. The highest BCUT2D eigenvalue weighted by Crippen LogP contribution is 2.20. The number of esters is 1. The number of hydrogen-bond donors (Lipinski definition) is 1. The summed E-state index contributed by atoms with van der Waals surface area (Å²) in [6, 6.07) is 12.1. The molecule has 6 nitrogen and oxygen atoms in total. The minimum Gasteiger partial charge on any atom is -0.482 e. The molecule has 0 aromatic heterocycles. The van der Waals surface area contributed by atoms with Gasteiger partial charge in [0.05, 0.1) is 0 Å². The van der Waals surface area contributed by atoms with Crippen LogP contribution in [-0.2, 0) is 14.3 Å². The highest BCUT2D eigenvalue weighted by atomic mass is 16.6. The van der Waals surface area contributed by atoms with Gasteiger partial charge >= 0.3 is 5.97 Å². The summed E-state index contributed by atoms with van der Waals surface area (Å²) < 4.78 is 10.5. The molecule has 0 saturated heterocycles. The van der Waals surface area contributed by atoms with Gasteiger partial charge in [0.1, 0.15) is 5.75 Å². The molecule has 0 aliphatic heterocycles. The summed E-state index contributed by atoms with van der Waals surface area (Å²) in [6.07, 6.45) is 0.431. The lowest BCUT2D eigenvalue weighted by Crippen LogP contribution is -2.20. The normalized spacial score (nSPS) is 10.5. The number of benzene rings is 2. The van der Waals surface area contributed by atoms with Gasteiger partial charge in [0.2, 0.25) is 5.91 Å². The van der Waals surface area contributed by atoms with E-state index in [0.29, 0.717) is 23.4 Å². The number of rotatable bonds is 9. The van der Waals surface area contributed by atoms with Crippen LogP contribution in [0.15, 0.2) is 42.5 Å². The molecule has 0 aliphatic rings. The maximum atomic E-state index is 12.2. The SMILES string of the molecule is Cc1cccc(OCC(=O)OCC(=O)c2ccc(NC(=O)CC(C)C)cc2)c1C. The zero-order chi connectivity index (χ0) is 21.4. The Labute approximate surface area is 171 Å². The van der Waals surface area contributed by atoms with Crippen LogP contribution in [0.5, 0.6) is 5.75 Å². The number of ketones is 1. The third-order valence-electron chi connectivity index (χ3n) is 4.35. The fraction of sp³-hybridized carbons (Fsp3) is 0.348. The van der Waals surface area contributed by atoms with E-state index in [-0.39, 0.29) is 30.8 Å². The third-order valence-corrected chi connectivity index (χ3v) is 4.35. The average Bonchev–Trinajstić information content (AvgIpc) is 2.67. The number of carbonyl (C=O) groups is 3. The summed E-state index contributed by atoms with van der Waals surface area (Å²) in [5, 5.41) is 2.78. The molecular weight excluding hydrogens is 370 g/mol. The summed E-state index contributed by atoms with van der Waals surface area (Å²) in [4.78, 5) is 35.8. The Hall–Kier alpha value is -3.15. The first kappa shape index (κ1) is 22.1. The van der Waals surface area contributed by atoms with E-state index in [1.54, 1.807) is 30.3 Å². The van der Waals surface area contributed by atoms with Crippen molar-refractivity contribution >= 4 is 23.3 Å². The van der Waals surface area contributed by atoms with Gasteiger partial charge in [-0.05, 0) is 61.2 Å². The molecule has 0 spiro atoms. The number of hydrogen-bond acceptors (Lipinski definition) is 5. The Balaban J connectivity index is 1.80. The van der Waals surface area contributed by atoms with Crippen molar-refractivity contribution < 1.29 is 23.9 Å². The van der Waals surface area contributed by atoms with Crippen LogP contribution in [0.25, 0.3) is 0 Å². The second kappa shape index (κ2) is 10.4. The predicted octanol–water partition coefficient (Wildman–Crippen LogP) is 4.09. The summed E-state index contributed by atoms with van der Waals surface area (Å²) in [6.45, 7) is 7.17. The van der Waals surface area contributed by atoms with Crippen molar-refractivity contribution in [3.63, 3.8) is 0 Å². The molecule has 0 fully saturated rings. The Kier molecular flexibility index (Phi) is 7.95. The van der Waals surface area contributed by atoms with Gasteiger partial charge in [0, 0.05) is 17.7 Å². The number of amides is 1. The summed E-state index contributed by atoms with van der Waals surface area (Å²) in [7, 11) is 0. The molecular formula is C23H27NO5. The third kappa shape index (κ3) is 7.07. The van der Waals surface area contributed by atoms with Crippen LogP contribution in [-0.4, -0.2) is 30.9 Å². The molecule has 0 unspecified atom stereocenters. The van der Waals surface area contributed by atoms with Gasteiger partial charge in [-0.3, -0.25) is 9.59 Å². The standard InChI is InChI=1S/C23H27NO5/c1-15(2)12-22(26)24-19-10-8-18(9-11-19)20(25)13-29-23(27)14-28-21-7-5-6-16(3)17(21)4/h5-11,15H,12-14H2,1-4H3,(H,24,26). The van der Waals surface area contributed by atoms with Crippen molar-refractivity contribution in [2.75, 3.05) is 18.5 Å². The largest absolute Gasteiger partial charge is 0.482 e. The monoisotopic (exact) mass is 397 g/mol. The van der Waals surface area contributed by atoms with Crippen molar-refractivity contribution in [3.05, 3.63) is 59.2 Å². The summed E-state index contributed by atoms with van der Waals surface area (Å²) in [5.41, 5.74) is 3.04. The molecule has 2 rings (SSSR count). The van der Waals surface area contributed by atoms with Crippen LogP contribution in [0, 0.1) is 19.8 Å². The Morgan fingerprint density at radius 1 is 0.966 bits per heavy atom. The molecule has 2 aromatic carbocycles. The van der Waals surface area contributed by atoms with E-state index in [0.717, 1.165) is 11.1 Å². The van der Waals surface area contributed by atoms with Crippen molar-refractivity contribution in [1.82, 2.24) is 0 Å². The lowest BCUT2D eigenvalue weighted by atomic mass is 10.1. The first-order valence-corrected chi connectivity index (χ1v) is 9.54. The quantitative estimate of drug-likeness (QED) is 0.509. The molecule has 6 heteroatoms. The molecule has 0 radical (unpaired) electrons. The van der Waals surface area contributed by atoms with E-state index in [2.05, 4.69) is 5.32 Å². The van der Waals surface area contributed by atoms with Crippen LogP contribution in [0.1, 0.15) is 41.8 Å².